The van der Waals surface area contributed by atoms with Crippen LogP contribution in [0.15, 0.2) is 42.5 Å². The van der Waals surface area contributed by atoms with Gasteiger partial charge in [0.2, 0.25) is 17.8 Å². The molecule has 2 aromatic carbocycles. The molecular formula is C26H32N6O5. The van der Waals surface area contributed by atoms with Crippen LogP contribution in [0.5, 0.6) is 5.75 Å². The van der Waals surface area contributed by atoms with Crippen molar-refractivity contribution >= 4 is 34.9 Å². The number of carbonyl (C=O) groups excluding carboxylic acids is 3. The second kappa shape index (κ2) is 11.7. The highest BCUT2D eigenvalue weighted by Crippen LogP contribution is 2.31. The van der Waals surface area contributed by atoms with Crippen molar-refractivity contribution in [3.8, 4) is 5.75 Å². The molecule has 4 rings (SSSR count). The number of carbonyl (C=O) groups is 3. The van der Waals surface area contributed by atoms with Crippen molar-refractivity contribution < 1.29 is 23.9 Å². The number of likely N-dealkylation sites (tertiary alicyclic amines) is 1. The number of alkyl carbamates (subject to hydrolysis) is 1. The summed E-state index contributed by atoms with van der Waals surface area (Å²) in [4.78, 5) is 43.5. The zero-order valence-corrected chi connectivity index (χ0v) is 21.0. The van der Waals surface area contributed by atoms with Gasteiger partial charge in [-0.3, -0.25) is 19.8 Å². The first-order valence-corrected chi connectivity index (χ1v) is 12.2. The maximum atomic E-state index is 13.0. The molecule has 4 N–H and O–H groups in total. The Morgan fingerprint density at radius 1 is 1.19 bits per heavy atom. The van der Waals surface area contributed by atoms with Gasteiger partial charge in [-0.2, -0.15) is 0 Å². The molecule has 1 fully saturated rings. The molecule has 1 aromatic heterocycles. The Balaban J connectivity index is 1.48. The van der Waals surface area contributed by atoms with E-state index in [1.165, 1.54) is 7.11 Å². The number of rotatable bonds is 10. The standard InChI is InChI=1S/C26H32N6O5/c1-31-12-6-10-20(31)24(34)30-25-29-19-14-18(23(27)33)15-21(36-2)22(19)32(25)13-7-11-28-26(35)37-16-17-8-4-3-5-9-17/h3-5,8-9,14-15,20H,6-7,10-13,16H2,1-2H3,(H2,27,33)(H,28,35)(H,29,30,34). The van der Waals surface area contributed by atoms with E-state index < -0.39 is 12.0 Å². The van der Waals surface area contributed by atoms with Crippen LogP contribution in [-0.2, 0) is 22.7 Å². The van der Waals surface area contributed by atoms with Crippen molar-refractivity contribution in [3.05, 3.63) is 53.6 Å². The number of likely N-dealkylation sites (N-methyl/N-ethyl adjacent to an activating group) is 1. The number of fused-ring (bicyclic) bond motifs is 1. The summed E-state index contributed by atoms with van der Waals surface area (Å²) in [6.07, 6.45) is 1.74. The number of imidazole rings is 1. The zero-order chi connectivity index (χ0) is 26.4. The molecule has 2 heterocycles. The number of benzene rings is 2. The summed E-state index contributed by atoms with van der Waals surface area (Å²) in [6, 6.07) is 12.3. The number of nitrogens with zero attached hydrogens (tertiary/aromatic N) is 3. The van der Waals surface area contributed by atoms with E-state index in [0.29, 0.717) is 42.2 Å². The first kappa shape index (κ1) is 26.0. The number of aryl methyl sites for hydroxylation is 1. The topological polar surface area (TPSA) is 141 Å². The van der Waals surface area contributed by atoms with Gasteiger partial charge in [-0.15, -0.1) is 0 Å². The molecule has 1 saturated heterocycles. The van der Waals surface area contributed by atoms with E-state index in [2.05, 4.69) is 15.6 Å². The fourth-order valence-electron chi connectivity index (χ4n) is 4.48. The Morgan fingerprint density at radius 2 is 1.97 bits per heavy atom. The number of aromatic nitrogens is 2. The van der Waals surface area contributed by atoms with Crippen molar-refractivity contribution in [3.63, 3.8) is 0 Å². The average Bonchev–Trinajstić information content (AvgIpc) is 3.48. The SMILES string of the molecule is COc1cc(C(N)=O)cc2nc(NC(=O)C3CCCN3C)n(CCCNC(=O)OCc3ccccc3)c12. The lowest BCUT2D eigenvalue weighted by atomic mass is 10.1. The van der Waals surface area contributed by atoms with Crippen LogP contribution in [0.25, 0.3) is 11.0 Å². The van der Waals surface area contributed by atoms with Gasteiger partial charge >= 0.3 is 6.09 Å². The van der Waals surface area contributed by atoms with Crippen molar-refractivity contribution in [2.45, 2.75) is 38.5 Å². The van der Waals surface area contributed by atoms with Crippen LogP contribution < -0.4 is 21.1 Å². The Morgan fingerprint density at radius 3 is 2.65 bits per heavy atom. The van der Waals surface area contributed by atoms with Crippen LogP contribution in [0.4, 0.5) is 10.7 Å². The molecule has 37 heavy (non-hydrogen) atoms. The van der Waals surface area contributed by atoms with Gasteiger partial charge in [-0.1, -0.05) is 30.3 Å². The highest BCUT2D eigenvalue weighted by molar-refractivity contribution is 6.00. The first-order chi connectivity index (χ1) is 17.9. The summed E-state index contributed by atoms with van der Waals surface area (Å²) in [5.74, 6) is -0.00113. The fourth-order valence-corrected chi connectivity index (χ4v) is 4.48. The first-order valence-electron chi connectivity index (χ1n) is 12.2. The average molecular weight is 509 g/mol. The number of hydrogen-bond donors (Lipinski definition) is 3. The molecule has 1 unspecified atom stereocenters. The van der Waals surface area contributed by atoms with Gasteiger partial charge in [0.1, 0.15) is 17.9 Å². The molecule has 3 aromatic rings. The summed E-state index contributed by atoms with van der Waals surface area (Å²) in [7, 11) is 3.41. The molecular weight excluding hydrogens is 476 g/mol. The van der Waals surface area contributed by atoms with Gasteiger partial charge < -0.3 is 25.1 Å². The molecule has 196 valence electrons. The lowest BCUT2D eigenvalue weighted by Gasteiger charge is -2.19. The van der Waals surface area contributed by atoms with Crippen LogP contribution in [0.1, 0.15) is 35.2 Å². The molecule has 1 aliphatic rings. The molecule has 0 bridgehead atoms. The van der Waals surface area contributed by atoms with Crippen LogP contribution in [0.3, 0.4) is 0 Å². The predicted molar refractivity (Wildman–Crippen MR) is 138 cm³/mol. The van der Waals surface area contributed by atoms with Gasteiger partial charge in [0.15, 0.2) is 0 Å². The highest BCUT2D eigenvalue weighted by atomic mass is 16.5. The minimum Gasteiger partial charge on any atom is -0.494 e. The van der Waals surface area contributed by atoms with Crippen LogP contribution >= 0.6 is 0 Å². The Bertz CT molecular complexity index is 1280. The largest absolute Gasteiger partial charge is 0.494 e. The van der Waals surface area contributed by atoms with E-state index >= 15 is 0 Å². The van der Waals surface area contributed by atoms with Gasteiger partial charge in [-0.05, 0) is 50.6 Å². The molecule has 11 nitrogen and oxygen atoms in total. The molecule has 11 heteroatoms. The van der Waals surface area contributed by atoms with E-state index in [9.17, 15) is 14.4 Å². The number of nitrogens with two attached hydrogens (primary N) is 1. The number of nitrogens with one attached hydrogen (secondary N) is 2. The molecule has 0 radical (unpaired) electrons. The van der Waals surface area contributed by atoms with E-state index in [-0.39, 0.29) is 24.1 Å². The summed E-state index contributed by atoms with van der Waals surface area (Å²) in [5.41, 5.74) is 7.73. The monoisotopic (exact) mass is 508 g/mol. The number of hydrogen-bond acceptors (Lipinski definition) is 7. The van der Waals surface area contributed by atoms with E-state index in [1.54, 1.807) is 12.1 Å². The quantitative estimate of drug-likeness (QED) is 0.357. The summed E-state index contributed by atoms with van der Waals surface area (Å²) in [5, 5.41) is 5.69. The number of methoxy groups -OCH3 is 1. The van der Waals surface area contributed by atoms with Gasteiger partial charge in [-0.25, -0.2) is 9.78 Å². The summed E-state index contributed by atoms with van der Waals surface area (Å²) >= 11 is 0. The minimum atomic E-state index is -0.605. The predicted octanol–water partition coefficient (Wildman–Crippen LogP) is 2.49. The molecule has 0 saturated carbocycles. The molecule has 1 aliphatic heterocycles. The summed E-state index contributed by atoms with van der Waals surface area (Å²) in [6.45, 7) is 1.80. The highest BCUT2D eigenvalue weighted by Gasteiger charge is 2.29. The van der Waals surface area contributed by atoms with Gasteiger partial charge in [0.25, 0.3) is 0 Å². The maximum absolute atomic E-state index is 13.0. The third-order valence-corrected chi connectivity index (χ3v) is 6.41. The third kappa shape index (κ3) is 6.18. The number of anilines is 1. The maximum Gasteiger partial charge on any atom is 0.407 e. The second-order valence-electron chi connectivity index (χ2n) is 8.97. The van der Waals surface area contributed by atoms with E-state index in [0.717, 1.165) is 24.9 Å². The minimum absolute atomic E-state index is 0.145. The summed E-state index contributed by atoms with van der Waals surface area (Å²) < 4.78 is 12.6. The van der Waals surface area contributed by atoms with Gasteiger partial charge in [0, 0.05) is 18.7 Å². The fraction of sp³-hybridized carbons (Fsp3) is 0.385. The van der Waals surface area contributed by atoms with Crippen LogP contribution in [-0.4, -0.2) is 65.6 Å². The molecule has 3 amide bonds. The smallest absolute Gasteiger partial charge is 0.407 e. The van der Waals surface area contributed by atoms with Crippen molar-refractivity contribution in [2.24, 2.45) is 5.73 Å². The lowest BCUT2D eigenvalue weighted by molar-refractivity contribution is -0.120. The van der Waals surface area contributed by atoms with Crippen LogP contribution in [0.2, 0.25) is 0 Å². The lowest BCUT2D eigenvalue weighted by Crippen LogP contribution is -2.37. The zero-order valence-electron chi connectivity index (χ0n) is 21.0. The van der Waals surface area contributed by atoms with E-state index in [4.69, 9.17) is 15.2 Å². The number of primary amides is 1. The van der Waals surface area contributed by atoms with E-state index in [1.807, 2.05) is 46.8 Å². The van der Waals surface area contributed by atoms with Crippen molar-refractivity contribution in [1.82, 2.24) is 19.8 Å². The molecule has 0 spiro atoms. The molecule has 0 aliphatic carbocycles. The molecule has 1 atom stereocenters. The second-order valence-corrected chi connectivity index (χ2v) is 8.97. The third-order valence-electron chi connectivity index (χ3n) is 6.41. The normalized spacial score (nSPS) is 15.5. The van der Waals surface area contributed by atoms with Gasteiger partial charge in [0.05, 0.1) is 18.7 Å². The number of amides is 3. The van der Waals surface area contributed by atoms with Crippen molar-refractivity contribution in [1.29, 1.82) is 0 Å². The van der Waals surface area contributed by atoms with Crippen LogP contribution in [0, 0.1) is 0 Å². The Hall–Kier alpha value is -4.12. The number of ether oxygens (including phenoxy) is 2. The van der Waals surface area contributed by atoms with Crippen molar-refractivity contribution in [2.75, 3.05) is 32.6 Å². The Labute approximate surface area is 214 Å². The Kier molecular flexibility index (Phi) is 8.24.